The van der Waals surface area contributed by atoms with Gasteiger partial charge in [0.2, 0.25) is 5.89 Å². The van der Waals surface area contributed by atoms with Crippen molar-refractivity contribution < 1.29 is 4.42 Å². The predicted octanol–water partition coefficient (Wildman–Crippen LogP) is 14.3. The van der Waals surface area contributed by atoms with Crippen LogP contribution in [0.15, 0.2) is 186 Å². The van der Waals surface area contributed by atoms with Crippen molar-refractivity contribution in [2.24, 2.45) is 0 Å². The summed E-state index contributed by atoms with van der Waals surface area (Å²) in [6, 6.07) is 65.5. The fourth-order valence-corrected chi connectivity index (χ4v) is 8.94. The van der Waals surface area contributed by atoms with Gasteiger partial charge in [-0.25, -0.2) is 4.98 Å². The van der Waals surface area contributed by atoms with E-state index in [1.165, 1.54) is 55.3 Å². The maximum absolute atomic E-state index is 6.43. The van der Waals surface area contributed by atoms with E-state index in [1.807, 2.05) is 30.3 Å². The molecule has 9 aromatic rings. The molecule has 1 heterocycles. The van der Waals surface area contributed by atoms with Crippen LogP contribution in [-0.4, -0.2) is 4.98 Å². The molecule has 2 aliphatic carbocycles. The molecule has 1 aromatic heterocycles. The van der Waals surface area contributed by atoms with E-state index < -0.39 is 0 Å². The molecule has 0 N–H and O–H groups in total. The standard InChI is InChI=1S/C52H36N2O/c1-52(2)46-19-10-9-16-41(46)42-29-28-39(32-47(42)52)54(37-24-20-34(21-25-37)33-12-5-3-6-13-33)38-26-22-35(23-27-38)40-30-31-45-48-43(40)17-11-18-44(48)49-50(45)55-51(53-49)36-14-7-4-8-15-36/h3-32H,1-2H3. The van der Waals surface area contributed by atoms with E-state index in [2.05, 4.69) is 170 Å². The molecular weight excluding hydrogens is 669 g/mol. The highest BCUT2D eigenvalue weighted by molar-refractivity contribution is 6.17. The van der Waals surface area contributed by atoms with Crippen molar-refractivity contribution in [3.8, 4) is 67.4 Å². The highest BCUT2D eigenvalue weighted by Gasteiger charge is 2.36. The molecule has 3 heteroatoms. The molecular formula is C52H36N2O. The normalized spacial score (nSPS) is 13.1. The van der Waals surface area contributed by atoms with Gasteiger partial charge in [-0.05, 0) is 104 Å². The van der Waals surface area contributed by atoms with Gasteiger partial charge < -0.3 is 9.32 Å². The van der Waals surface area contributed by atoms with Gasteiger partial charge in [-0.2, -0.15) is 0 Å². The number of nitrogens with zero attached hydrogens (tertiary/aromatic N) is 2. The first-order valence-corrected chi connectivity index (χ1v) is 19.0. The minimum Gasteiger partial charge on any atom is -0.435 e. The lowest BCUT2D eigenvalue weighted by Gasteiger charge is -2.28. The SMILES string of the molecule is CC1(C)c2ccccc2-c2ccc(N(c3ccc(-c4ccccc4)cc3)c3ccc(-c4ccc5c6c(cccc46)-c4nc(-c6ccccc6)oc4-5)cc3)cc21. The number of aromatic nitrogens is 1. The highest BCUT2D eigenvalue weighted by Crippen LogP contribution is 2.52. The maximum Gasteiger partial charge on any atom is 0.227 e. The molecule has 3 nitrogen and oxygen atoms in total. The van der Waals surface area contributed by atoms with Crippen LogP contribution >= 0.6 is 0 Å². The van der Waals surface area contributed by atoms with E-state index in [9.17, 15) is 0 Å². The second kappa shape index (κ2) is 12.0. The number of hydrogen-bond donors (Lipinski definition) is 0. The molecule has 0 aliphatic heterocycles. The van der Waals surface area contributed by atoms with Crippen LogP contribution in [0.4, 0.5) is 17.1 Å². The van der Waals surface area contributed by atoms with Crippen molar-refractivity contribution in [2.45, 2.75) is 19.3 Å². The lowest BCUT2D eigenvalue weighted by atomic mass is 9.82. The van der Waals surface area contributed by atoms with Gasteiger partial charge in [-0.3, -0.25) is 0 Å². The Morgan fingerprint density at radius 3 is 1.75 bits per heavy atom. The summed E-state index contributed by atoms with van der Waals surface area (Å²) < 4.78 is 6.43. The number of benzene rings is 8. The summed E-state index contributed by atoms with van der Waals surface area (Å²) >= 11 is 0. The Hall–Kier alpha value is -6.97. The van der Waals surface area contributed by atoms with Crippen molar-refractivity contribution in [1.29, 1.82) is 0 Å². The Morgan fingerprint density at radius 2 is 1.00 bits per heavy atom. The number of hydrogen-bond acceptors (Lipinski definition) is 3. The molecule has 0 radical (unpaired) electrons. The molecule has 0 spiro atoms. The maximum atomic E-state index is 6.43. The first kappa shape index (κ1) is 31.5. The average Bonchev–Trinajstić information content (AvgIpc) is 3.88. The highest BCUT2D eigenvalue weighted by atomic mass is 16.4. The molecule has 8 aromatic carbocycles. The van der Waals surface area contributed by atoms with Crippen molar-refractivity contribution in [1.82, 2.24) is 4.98 Å². The molecule has 0 saturated carbocycles. The molecule has 0 saturated heterocycles. The van der Waals surface area contributed by atoms with Crippen LogP contribution in [0.5, 0.6) is 0 Å². The monoisotopic (exact) mass is 704 g/mol. The van der Waals surface area contributed by atoms with Gasteiger partial charge in [-0.1, -0.05) is 141 Å². The Balaban J connectivity index is 0.996. The summed E-state index contributed by atoms with van der Waals surface area (Å²) in [6.07, 6.45) is 0. The van der Waals surface area contributed by atoms with Crippen molar-refractivity contribution in [3.05, 3.63) is 193 Å². The summed E-state index contributed by atoms with van der Waals surface area (Å²) in [5.41, 5.74) is 17.5. The Morgan fingerprint density at radius 1 is 0.436 bits per heavy atom. The average molecular weight is 705 g/mol. The van der Waals surface area contributed by atoms with E-state index in [4.69, 9.17) is 9.40 Å². The fraction of sp³-hybridized carbons (Fsp3) is 0.0577. The summed E-state index contributed by atoms with van der Waals surface area (Å²) in [7, 11) is 0. The zero-order valence-electron chi connectivity index (χ0n) is 30.6. The van der Waals surface area contributed by atoms with E-state index in [-0.39, 0.29) is 5.41 Å². The number of rotatable bonds is 6. The van der Waals surface area contributed by atoms with Crippen LogP contribution in [0.1, 0.15) is 25.0 Å². The topological polar surface area (TPSA) is 29.3 Å². The third-order valence-electron chi connectivity index (χ3n) is 11.7. The largest absolute Gasteiger partial charge is 0.435 e. The van der Waals surface area contributed by atoms with E-state index in [0.29, 0.717) is 5.89 Å². The number of oxazole rings is 1. The minimum atomic E-state index is -0.0983. The first-order chi connectivity index (χ1) is 27.0. The summed E-state index contributed by atoms with van der Waals surface area (Å²) in [5, 5.41) is 2.40. The van der Waals surface area contributed by atoms with Gasteiger partial charge in [0.15, 0.2) is 5.76 Å². The smallest absolute Gasteiger partial charge is 0.227 e. The third kappa shape index (κ3) is 4.86. The summed E-state index contributed by atoms with van der Waals surface area (Å²) in [6.45, 7) is 4.69. The Kier molecular flexibility index (Phi) is 6.90. The third-order valence-corrected chi connectivity index (χ3v) is 11.7. The molecule has 0 atom stereocenters. The molecule has 260 valence electrons. The van der Waals surface area contributed by atoms with E-state index >= 15 is 0 Å². The van der Waals surface area contributed by atoms with Crippen LogP contribution in [0, 0.1) is 0 Å². The second-order valence-electron chi connectivity index (χ2n) is 15.1. The Bertz CT molecular complexity index is 2890. The lowest BCUT2D eigenvalue weighted by Crippen LogP contribution is -2.16. The van der Waals surface area contributed by atoms with Crippen LogP contribution in [0.2, 0.25) is 0 Å². The molecule has 0 fully saturated rings. The van der Waals surface area contributed by atoms with Gasteiger partial charge in [0.05, 0.1) is 0 Å². The predicted molar refractivity (Wildman–Crippen MR) is 227 cm³/mol. The van der Waals surface area contributed by atoms with Crippen molar-refractivity contribution in [3.63, 3.8) is 0 Å². The minimum absolute atomic E-state index is 0.0983. The van der Waals surface area contributed by atoms with Crippen LogP contribution < -0.4 is 4.90 Å². The van der Waals surface area contributed by atoms with Gasteiger partial charge >= 0.3 is 0 Å². The van der Waals surface area contributed by atoms with Gasteiger partial charge in [0.25, 0.3) is 0 Å². The van der Waals surface area contributed by atoms with Crippen LogP contribution in [0.3, 0.4) is 0 Å². The lowest BCUT2D eigenvalue weighted by molar-refractivity contribution is 0.590. The van der Waals surface area contributed by atoms with E-state index in [0.717, 1.165) is 45.2 Å². The quantitative estimate of drug-likeness (QED) is 0.173. The molecule has 2 aliphatic rings. The molecule has 55 heavy (non-hydrogen) atoms. The van der Waals surface area contributed by atoms with Crippen LogP contribution in [0.25, 0.3) is 78.2 Å². The molecule has 0 amide bonds. The van der Waals surface area contributed by atoms with Gasteiger partial charge in [0.1, 0.15) is 5.69 Å². The van der Waals surface area contributed by atoms with Gasteiger partial charge in [0, 0.05) is 44.6 Å². The second-order valence-corrected chi connectivity index (χ2v) is 15.1. The molecule has 0 bridgehead atoms. The molecule has 0 unspecified atom stereocenters. The van der Waals surface area contributed by atoms with E-state index in [1.54, 1.807) is 0 Å². The number of fused-ring (bicyclic) bond motifs is 6. The van der Waals surface area contributed by atoms with Crippen molar-refractivity contribution in [2.75, 3.05) is 4.90 Å². The first-order valence-electron chi connectivity index (χ1n) is 19.0. The fourth-order valence-electron chi connectivity index (χ4n) is 8.94. The Labute approximate surface area is 320 Å². The zero-order chi connectivity index (χ0) is 36.7. The summed E-state index contributed by atoms with van der Waals surface area (Å²) in [4.78, 5) is 7.37. The van der Waals surface area contributed by atoms with Crippen LogP contribution in [-0.2, 0) is 5.41 Å². The number of anilines is 3. The zero-order valence-corrected chi connectivity index (χ0v) is 30.6. The van der Waals surface area contributed by atoms with Crippen molar-refractivity contribution >= 4 is 27.8 Å². The molecule has 11 rings (SSSR count). The van der Waals surface area contributed by atoms with Gasteiger partial charge in [-0.15, -0.1) is 0 Å². The summed E-state index contributed by atoms with van der Waals surface area (Å²) in [5.74, 6) is 1.50.